The van der Waals surface area contributed by atoms with Crippen molar-refractivity contribution in [2.75, 3.05) is 0 Å². The molecule has 15 heavy (non-hydrogen) atoms. The fourth-order valence-electron chi connectivity index (χ4n) is 1.58. The van der Waals surface area contributed by atoms with E-state index in [-0.39, 0.29) is 6.03 Å². The van der Waals surface area contributed by atoms with E-state index in [0.717, 1.165) is 25.2 Å². The van der Waals surface area contributed by atoms with Crippen molar-refractivity contribution in [3.63, 3.8) is 0 Å². The van der Waals surface area contributed by atoms with Gasteiger partial charge >= 0.3 is 6.03 Å². The molecule has 2 N–H and O–H groups in total. The smallest absolute Gasteiger partial charge is 0.315 e. The quantitative estimate of drug-likeness (QED) is 0.698. The highest BCUT2D eigenvalue weighted by Gasteiger charge is 2.23. The number of carbonyl (C=O) groups excluding carboxylic acids is 1. The van der Waals surface area contributed by atoms with Crippen molar-refractivity contribution < 1.29 is 4.79 Å². The van der Waals surface area contributed by atoms with Gasteiger partial charge in [0.25, 0.3) is 0 Å². The van der Waals surface area contributed by atoms with Gasteiger partial charge in [-0.05, 0) is 32.1 Å². The summed E-state index contributed by atoms with van der Waals surface area (Å²) < 4.78 is 0. The van der Waals surface area contributed by atoms with E-state index in [1.54, 1.807) is 0 Å². The van der Waals surface area contributed by atoms with E-state index >= 15 is 0 Å². The Bertz CT molecular complexity index is 200. The van der Waals surface area contributed by atoms with Crippen LogP contribution in [0.25, 0.3) is 0 Å². The van der Waals surface area contributed by atoms with Crippen LogP contribution in [0.15, 0.2) is 0 Å². The molecule has 1 atom stereocenters. The molecule has 0 aromatic rings. The molecular weight excluding hydrogens is 188 g/mol. The zero-order valence-electron chi connectivity index (χ0n) is 10.2. The maximum atomic E-state index is 11.4. The van der Waals surface area contributed by atoms with Gasteiger partial charge in [-0.25, -0.2) is 4.79 Å². The lowest BCUT2D eigenvalue weighted by atomic mass is 10.0. The predicted octanol–water partition coefficient (Wildman–Crippen LogP) is 2.66. The fourth-order valence-corrected chi connectivity index (χ4v) is 1.58. The van der Waals surface area contributed by atoms with Crippen LogP contribution in [0.4, 0.5) is 4.79 Å². The first-order valence-electron chi connectivity index (χ1n) is 6.15. The number of carbonyl (C=O) groups is 1. The molecule has 0 bridgehead atoms. The first-order chi connectivity index (χ1) is 7.08. The van der Waals surface area contributed by atoms with Crippen molar-refractivity contribution >= 4 is 6.03 Å². The minimum Gasteiger partial charge on any atom is -0.336 e. The summed E-state index contributed by atoms with van der Waals surface area (Å²) in [7, 11) is 0. The SMILES string of the molecule is CC(C)CCC[C@H](C)NC(=O)NC1CC1. The van der Waals surface area contributed by atoms with Crippen LogP contribution >= 0.6 is 0 Å². The second-order valence-corrected chi connectivity index (χ2v) is 5.12. The normalized spacial score (nSPS) is 17.6. The molecular formula is C12H24N2O. The van der Waals surface area contributed by atoms with E-state index in [2.05, 4.69) is 31.4 Å². The van der Waals surface area contributed by atoms with E-state index in [9.17, 15) is 4.79 Å². The van der Waals surface area contributed by atoms with Crippen LogP contribution in [-0.4, -0.2) is 18.1 Å². The molecule has 1 fully saturated rings. The molecule has 0 aromatic carbocycles. The van der Waals surface area contributed by atoms with Crippen molar-refractivity contribution in [3.05, 3.63) is 0 Å². The molecule has 0 aromatic heterocycles. The molecule has 2 amide bonds. The summed E-state index contributed by atoms with van der Waals surface area (Å²) in [6.45, 7) is 6.54. The Morgan fingerprint density at radius 1 is 1.27 bits per heavy atom. The third-order valence-corrected chi connectivity index (χ3v) is 2.71. The molecule has 88 valence electrons. The molecule has 3 nitrogen and oxygen atoms in total. The summed E-state index contributed by atoms with van der Waals surface area (Å²) in [5.74, 6) is 0.762. The molecule has 0 spiro atoms. The maximum Gasteiger partial charge on any atom is 0.315 e. The third-order valence-electron chi connectivity index (χ3n) is 2.71. The molecule has 0 radical (unpaired) electrons. The fraction of sp³-hybridized carbons (Fsp3) is 0.917. The highest BCUT2D eigenvalue weighted by Crippen LogP contribution is 2.18. The molecule has 0 saturated heterocycles. The van der Waals surface area contributed by atoms with Gasteiger partial charge in [0.2, 0.25) is 0 Å². The Hall–Kier alpha value is -0.730. The lowest BCUT2D eigenvalue weighted by molar-refractivity contribution is 0.236. The van der Waals surface area contributed by atoms with Crippen molar-refractivity contribution in [2.24, 2.45) is 5.92 Å². The second kappa shape index (κ2) is 5.99. The molecule has 0 unspecified atom stereocenters. The van der Waals surface area contributed by atoms with Crippen LogP contribution in [0.2, 0.25) is 0 Å². The monoisotopic (exact) mass is 212 g/mol. The highest BCUT2D eigenvalue weighted by atomic mass is 16.2. The Kier molecular flexibility index (Phi) is 4.92. The van der Waals surface area contributed by atoms with Gasteiger partial charge in [0.05, 0.1) is 0 Å². The van der Waals surface area contributed by atoms with Gasteiger partial charge in [-0.3, -0.25) is 0 Å². The van der Waals surface area contributed by atoms with Gasteiger partial charge in [-0.2, -0.15) is 0 Å². The largest absolute Gasteiger partial charge is 0.336 e. The van der Waals surface area contributed by atoms with Gasteiger partial charge in [0.1, 0.15) is 0 Å². The Morgan fingerprint density at radius 2 is 1.93 bits per heavy atom. The summed E-state index contributed by atoms with van der Waals surface area (Å²) in [5, 5.41) is 5.91. The first kappa shape index (κ1) is 12.3. The van der Waals surface area contributed by atoms with E-state index in [0.29, 0.717) is 12.1 Å². The van der Waals surface area contributed by atoms with E-state index in [1.807, 2.05) is 0 Å². The number of nitrogens with one attached hydrogen (secondary N) is 2. The number of hydrogen-bond acceptors (Lipinski definition) is 1. The summed E-state index contributed by atoms with van der Waals surface area (Å²) in [5.41, 5.74) is 0. The predicted molar refractivity (Wildman–Crippen MR) is 62.8 cm³/mol. The molecule has 1 aliphatic rings. The maximum absolute atomic E-state index is 11.4. The summed E-state index contributed by atoms with van der Waals surface area (Å²) in [4.78, 5) is 11.4. The number of amides is 2. The molecule has 1 saturated carbocycles. The average molecular weight is 212 g/mol. The van der Waals surface area contributed by atoms with Gasteiger partial charge in [-0.1, -0.05) is 26.7 Å². The van der Waals surface area contributed by atoms with E-state index < -0.39 is 0 Å². The number of rotatable bonds is 6. The van der Waals surface area contributed by atoms with Crippen LogP contribution in [-0.2, 0) is 0 Å². The first-order valence-corrected chi connectivity index (χ1v) is 6.15. The van der Waals surface area contributed by atoms with E-state index in [4.69, 9.17) is 0 Å². The summed E-state index contributed by atoms with van der Waals surface area (Å²) in [6.07, 6.45) is 5.82. The van der Waals surface area contributed by atoms with Crippen LogP contribution in [0, 0.1) is 5.92 Å². The van der Waals surface area contributed by atoms with Crippen LogP contribution in [0.1, 0.15) is 52.9 Å². The molecule has 0 aliphatic heterocycles. The summed E-state index contributed by atoms with van der Waals surface area (Å²) >= 11 is 0. The topological polar surface area (TPSA) is 41.1 Å². The molecule has 0 heterocycles. The highest BCUT2D eigenvalue weighted by molar-refractivity contribution is 5.74. The minimum atomic E-state index is 0.00884. The van der Waals surface area contributed by atoms with Crippen molar-refractivity contribution in [1.82, 2.24) is 10.6 Å². The Balaban J connectivity index is 2.00. The van der Waals surface area contributed by atoms with Crippen molar-refractivity contribution in [2.45, 2.75) is 65.0 Å². The van der Waals surface area contributed by atoms with Crippen LogP contribution in [0.5, 0.6) is 0 Å². The lowest BCUT2D eigenvalue weighted by Gasteiger charge is -2.14. The van der Waals surface area contributed by atoms with Gasteiger partial charge in [0.15, 0.2) is 0 Å². The Labute approximate surface area is 93.0 Å². The van der Waals surface area contributed by atoms with Gasteiger partial charge < -0.3 is 10.6 Å². The zero-order valence-corrected chi connectivity index (χ0v) is 10.2. The zero-order chi connectivity index (χ0) is 11.3. The van der Waals surface area contributed by atoms with E-state index in [1.165, 1.54) is 12.8 Å². The van der Waals surface area contributed by atoms with Crippen molar-refractivity contribution in [3.8, 4) is 0 Å². The standard InChI is InChI=1S/C12H24N2O/c1-9(2)5-4-6-10(3)13-12(15)14-11-7-8-11/h9-11H,4-8H2,1-3H3,(H2,13,14,15)/t10-/m0/s1. The van der Waals surface area contributed by atoms with Gasteiger partial charge in [0, 0.05) is 12.1 Å². The molecule has 1 rings (SSSR count). The number of urea groups is 1. The van der Waals surface area contributed by atoms with Gasteiger partial charge in [-0.15, -0.1) is 0 Å². The average Bonchev–Trinajstić information content (AvgIpc) is 2.86. The Morgan fingerprint density at radius 3 is 2.47 bits per heavy atom. The minimum absolute atomic E-state index is 0.00884. The number of hydrogen-bond donors (Lipinski definition) is 2. The van der Waals surface area contributed by atoms with Crippen LogP contribution < -0.4 is 10.6 Å². The summed E-state index contributed by atoms with van der Waals surface area (Å²) in [6, 6.07) is 0.755. The molecule has 1 aliphatic carbocycles. The lowest BCUT2D eigenvalue weighted by Crippen LogP contribution is -2.41. The molecule has 3 heteroatoms. The van der Waals surface area contributed by atoms with Crippen LogP contribution in [0.3, 0.4) is 0 Å². The second-order valence-electron chi connectivity index (χ2n) is 5.12. The van der Waals surface area contributed by atoms with Crippen molar-refractivity contribution in [1.29, 1.82) is 0 Å². The third kappa shape index (κ3) is 6.37.